The molecule has 0 heterocycles. The maximum atomic E-state index is 11.9. The Morgan fingerprint density at radius 3 is 2.08 bits per heavy atom. The van der Waals surface area contributed by atoms with Crippen LogP contribution in [0.15, 0.2) is 48.5 Å². The minimum absolute atomic E-state index is 0.0519. The summed E-state index contributed by atoms with van der Waals surface area (Å²) in [5.41, 5.74) is 6.60. The van der Waals surface area contributed by atoms with Gasteiger partial charge in [-0.15, -0.1) is 0 Å². The summed E-state index contributed by atoms with van der Waals surface area (Å²) in [5.74, 6) is -0.588. The van der Waals surface area contributed by atoms with E-state index in [1.165, 1.54) is 12.1 Å². The standard InChI is InChI=1S/C19H21N3O4/c1-12(2)21-19(25)14-3-7-15(8-4-14)22-17(23)11-26-16-9-5-13(6-10-16)18(20)24/h3-10,12H,11H2,1-2H3,(H2,20,24)(H,21,25)(H,22,23). The minimum atomic E-state index is -0.528. The summed E-state index contributed by atoms with van der Waals surface area (Å²) < 4.78 is 5.35. The van der Waals surface area contributed by atoms with Gasteiger partial charge in [0.1, 0.15) is 5.75 Å². The number of nitrogens with two attached hydrogens (primary N) is 1. The second-order valence-corrected chi connectivity index (χ2v) is 5.93. The molecular weight excluding hydrogens is 334 g/mol. The molecule has 0 saturated heterocycles. The van der Waals surface area contributed by atoms with Crippen molar-refractivity contribution in [3.05, 3.63) is 59.7 Å². The molecule has 2 aromatic rings. The smallest absolute Gasteiger partial charge is 0.262 e. The molecule has 3 amide bonds. The normalized spacial score (nSPS) is 10.3. The van der Waals surface area contributed by atoms with Gasteiger partial charge in [0.05, 0.1) is 0 Å². The van der Waals surface area contributed by atoms with Crippen LogP contribution in [-0.4, -0.2) is 30.4 Å². The first-order valence-corrected chi connectivity index (χ1v) is 8.08. The molecule has 0 saturated carbocycles. The predicted molar refractivity (Wildman–Crippen MR) is 98.1 cm³/mol. The van der Waals surface area contributed by atoms with Crippen molar-refractivity contribution in [3.8, 4) is 5.75 Å². The van der Waals surface area contributed by atoms with Crippen molar-refractivity contribution in [1.82, 2.24) is 5.32 Å². The Morgan fingerprint density at radius 2 is 1.54 bits per heavy atom. The molecule has 4 N–H and O–H groups in total. The number of carbonyl (C=O) groups excluding carboxylic acids is 3. The molecule has 7 nitrogen and oxygen atoms in total. The Labute approximate surface area is 151 Å². The Hall–Kier alpha value is -3.35. The Bertz CT molecular complexity index is 783. The third-order valence-electron chi connectivity index (χ3n) is 3.36. The lowest BCUT2D eigenvalue weighted by atomic mass is 10.2. The van der Waals surface area contributed by atoms with E-state index >= 15 is 0 Å². The van der Waals surface area contributed by atoms with Crippen LogP contribution in [0.3, 0.4) is 0 Å². The Morgan fingerprint density at radius 1 is 0.962 bits per heavy atom. The van der Waals surface area contributed by atoms with Gasteiger partial charge in [-0.1, -0.05) is 0 Å². The number of primary amides is 1. The van der Waals surface area contributed by atoms with Gasteiger partial charge in [0, 0.05) is 22.9 Å². The molecule has 0 atom stereocenters. The van der Waals surface area contributed by atoms with E-state index in [-0.39, 0.29) is 24.5 Å². The second-order valence-electron chi connectivity index (χ2n) is 5.93. The van der Waals surface area contributed by atoms with Crippen LogP contribution in [0.5, 0.6) is 5.75 Å². The van der Waals surface area contributed by atoms with Crippen LogP contribution in [0.25, 0.3) is 0 Å². The molecule has 136 valence electrons. The number of nitrogens with one attached hydrogen (secondary N) is 2. The Balaban J connectivity index is 1.85. The van der Waals surface area contributed by atoms with Crippen LogP contribution < -0.4 is 21.1 Å². The second kappa shape index (κ2) is 8.66. The number of hydrogen-bond acceptors (Lipinski definition) is 4. The van der Waals surface area contributed by atoms with Crippen LogP contribution in [0.4, 0.5) is 5.69 Å². The van der Waals surface area contributed by atoms with Crippen molar-refractivity contribution in [3.63, 3.8) is 0 Å². The fourth-order valence-corrected chi connectivity index (χ4v) is 2.11. The van der Waals surface area contributed by atoms with Gasteiger partial charge in [-0.2, -0.15) is 0 Å². The van der Waals surface area contributed by atoms with E-state index in [4.69, 9.17) is 10.5 Å². The van der Waals surface area contributed by atoms with Crippen LogP contribution in [0.2, 0.25) is 0 Å². The zero-order chi connectivity index (χ0) is 19.1. The highest BCUT2D eigenvalue weighted by molar-refractivity contribution is 5.96. The molecule has 2 rings (SSSR count). The first kappa shape index (κ1) is 19.0. The number of rotatable bonds is 7. The first-order chi connectivity index (χ1) is 12.3. The summed E-state index contributed by atoms with van der Waals surface area (Å²) in [5, 5.41) is 5.47. The summed E-state index contributed by atoms with van der Waals surface area (Å²) in [7, 11) is 0. The van der Waals surface area contributed by atoms with Gasteiger partial charge in [0.15, 0.2) is 6.61 Å². The van der Waals surface area contributed by atoms with E-state index in [0.717, 1.165) is 0 Å². The van der Waals surface area contributed by atoms with Gasteiger partial charge in [-0.05, 0) is 62.4 Å². The van der Waals surface area contributed by atoms with Gasteiger partial charge >= 0.3 is 0 Å². The average molecular weight is 355 g/mol. The zero-order valence-corrected chi connectivity index (χ0v) is 14.6. The summed E-state index contributed by atoms with van der Waals surface area (Å²) in [6, 6.07) is 12.8. The highest BCUT2D eigenvalue weighted by Gasteiger charge is 2.08. The third-order valence-corrected chi connectivity index (χ3v) is 3.36. The molecule has 0 unspecified atom stereocenters. The largest absolute Gasteiger partial charge is 0.484 e. The predicted octanol–water partition coefficient (Wildman–Crippen LogP) is 1.94. The van der Waals surface area contributed by atoms with E-state index in [2.05, 4.69) is 10.6 Å². The Kier molecular flexibility index (Phi) is 6.32. The fraction of sp³-hybridized carbons (Fsp3) is 0.211. The molecule has 26 heavy (non-hydrogen) atoms. The van der Waals surface area contributed by atoms with Crippen molar-refractivity contribution in [2.24, 2.45) is 5.73 Å². The molecule has 0 bridgehead atoms. The number of anilines is 1. The summed E-state index contributed by atoms with van der Waals surface area (Å²) in [6.07, 6.45) is 0. The molecular formula is C19H21N3O4. The van der Waals surface area contributed by atoms with Crippen LogP contribution in [0, 0.1) is 0 Å². The third kappa shape index (κ3) is 5.62. The van der Waals surface area contributed by atoms with Crippen LogP contribution in [0.1, 0.15) is 34.6 Å². The minimum Gasteiger partial charge on any atom is -0.484 e. The molecule has 0 spiro atoms. The van der Waals surface area contributed by atoms with E-state index in [0.29, 0.717) is 22.6 Å². The number of amides is 3. The van der Waals surface area contributed by atoms with Gasteiger partial charge in [-0.3, -0.25) is 14.4 Å². The van der Waals surface area contributed by atoms with Crippen molar-refractivity contribution < 1.29 is 19.1 Å². The van der Waals surface area contributed by atoms with E-state index in [9.17, 15) is 14.4 Å². The van der Waals surface area contributed by atoms with Gasteiger partial charge in [0.2, 0.25) is 5.91 Å². The first-order valence-electron chi connectivity index (χ1n) is 8.08. The zero-order valence-electron chi connectivity index (χ0n) is 14.6. The molecule has 7 heteroatoms. The summed E-state index contributed by atoms with van der Waals surface area (Å²) in [4.78, 5) is 34.8. The van der Waals surface area contributed by atoms with Gasteiger partial charge in [-0.25, -0.2) is 0 Å². The summed E-state index contributed by atoms with van der Waals surface area (Å²) in [6.45, 7) is 3.58. The quantitative estimate of drug-likeness (QED) is 0.705. The average Bonchev–Trinajstić information content (AvgIpc) is 2.60. The lowest BCUT2D eigenvalue weighted by Crippen LogP contribution is -2.30. The van der Waals surface area contributed by atoms with Gasteiger partial charge < -0.3 is 21.1 Å². The molecule has 0 aliphatic carbocycles. The molecule has 0 aromatic heterocycles. The van der Waals surface area contributed by atoms with Crippen molar-refractivity contribution in [2.45, 2.75) is 19.9 Å². The fourth-order valence-electron chi connectivity index (χ4n) is 2.11. The number of benzene rings is 2. The van der Waals surface area contributed by atoms with E-state index in [1.807, 2.05) is 13.8 Å². The van der Waals surface area contributed by atoms with E-state index < -0.39 is 5.91 Å². The maximum Gasteiger partial charge on any atom is 0.262 e. The highest BCUT2D eigenvalue weighted by atomic mass is 16.5. The topological polar surface area (TPSA) is 111 Å². The summed E-state index contributed by atoms with van der Waals surface area (Å²) >= 11 is 0. The molecule has 2 aromatic carbocycles. The van der Waals surface area contributed by atoms with Gasteiger partial charge in [0.25, 0.3) is 11.8 Å². The lowest BCUT2D eigenvalue weighted by Gasteiger charge is -2.10. The van der Waals surface area contributed by atoms with Crippen molar-refractivity contribution >= 4 is 23.4 Å². The number of carbonyl (C=O) groups is 3. The van der Waals surface area contributed by atoms with Crippen LogP contribution in [-0.2, 0) is 4.79 Å². The number of hydrogen-bond donors (Lipinski definition) is 3. The van der Waals surface area contributed by atoms with E-state index in [1.54, 1.807) is 36.4 Å². The lowest BCUT2D eigenvalue weighted by molar-refractivity contribution is -0.118. The van der Waals surface area contributed by atoms with Crippen LogP contribution >= 0.6 is 0 Å². The van der Waals surface area contributed by atoms with Crippen molar-refractivity contribution in [1.29, 1.82) is 0 Å². The maximum absolute atomic E-state index is 11.9. The monoisotopic (exact) mass is 355 g/mol. The molecule has 0 radical (unpaired) electrons. The highest BCUT2D eigenvalue weighted by Crippen LogP contribution is 2.13. The molecule has 0 aliphatic rings. The number of ether oxygens (including phenoxy) is 1. The SMILES string of the molecule is CC(C)NC(=O)c1ccc(NC(=O)COc2ccc(C(N)=O)cc2)cc1. The van der Waals surface area contributed by atoms with Crippen molar-refractivity contribution in [2.75, 3.05) is 11.9 Å². The molecule has 0 aliphatic heterocycles. The molecule has 0 fully saturated rings.